The van der Waals surface area contributed by atoms with Crippen molar-refractivity contribution < 1.29 is 5.11 Å². The summed E-state index contributed by atoms with van der Waals surface area (Å²) in [5.74, 6) is 0.326. The van der Waals surface area contributed by atoms with Gasteiger partial charge in [-0.05, 0) is 47.9 Å². The number of benzene rings is 2. The van der Waals surface area contributed by atoms with Crippen LogP contribution in [0.2, 0.25) is 5.02 Å². The summed E-state index contributed by atoms with van der Waals surface area (Å²) < 4.78 is 0. The number of phenols is 1. The third kappa shape index (κ3) is 3.09. The quantitative estimate of drug-likeness (QED) is 0.825. The van der Waals surface area contributed by atoms with Gasteiger partial charge in [0.2, 0.25) is 0 Å². The highest BCUT2D eigenvalue weighted by atomic mass is 35.5. The predicted octanol–water partition coefficient (Wildman–Crippen LogP) is 3.70. The summed E-state index contributed by atoms with van der Waals surface area (Å²) in [6, 6.07) is 12.2. The first-order chi connectivity index (χ1) is 11.2. The fourth-order valence-electron chi connectivity index (χ4n) is 3.44. The molecule has 2 aliphatic heterocycles. The zero-order valence-corrected chi connectivity index (χ0v) is 14.3. The van der Waals surface area contributed by atoms with E-state index in [-0.39, 0.29) is 0 Å². The lowest BCUT2D eigenvalue weighted by Crippen LogP contribution is -2.45. The maximum absolute atomic E-state index is 9.83. The number of aromatic hydroxyl groups is 1. The molecule has 3 nitrogen and oxygen atoms in total. The van der Waals surface area contributed by atoms with Crippen molar-refractivity contribution in [2.24, 2.45) is 0 Å². The van der Waals surface area contributed by atoms with Crippen molar-refractivity contribution in [1.82, 2.24) is 10.2 Å². The van der Waals surface area contributed by atoms with Crippen molar-refractivity contribution in [2.75, 3.05) is 26.2 Å². The van der Waals surface area contributed by atoms with Gasteiger partial charge in [0.25, 0.3) is 0 Å². The van der Waals surface area contributed by atoms with E-state index in [9.17, 15) is 5.11 Å². The van der Waals surface area contributed by atoms with E-state index in [0.717, 1.165) is 42.5 Å². The Hall–Kier alpha value is -1.20. The smallest absolute Gasteiger partial charge is 0.116 e. The van der Waals surface area contributed by atoms with Crippen LogP contribution < -0.4 is 5.32 Å². The minimum absolute atomic E-state index is 0.326. The van der Waals surface area contributed by atoms with Crippen LogP contribution >= 0.6 is 23.4 Å². The van der Waals surface area contributed by atoms with Crippen molar-refractivity contribution in [1.29, 1.82) is 0 Å². The number of phenolic OH excluding ortho intramolecular Hbond substituents is 1. The van der Waals surface area contributed by atoms with E-state index in [1.165, 1.54) is 16.0 Å². The van der Waals surface area contributed by atoms with Crippen LogP contribution in [0.25, 0.3) is 0 Å². The van der Waals surface area contributed by atoms with E-state index in [4.69, 9.17) is 11.6 Å². The number of hydrogen-bond acceptors (Lipinski definition) is 4. The van der Waals surface area contributed by atoms with Gasteiger partial charge >= 0.3 is 0 Å². The third-order valence-corrected chi connectivity index (χ3v) is 6.03. The molecule has 2 aromatic carbocycles. The Labute approximate surface area is 145 Å². The fraction of sp³-hybridized carbons (Fsp3) is 0.333. The average molecular weight is 347 g/mol. The highest BCUT2D eigenvalue weighted by Crippen LogP contribution is 2.44. The second-order valence-electron chi connectivity index (χ2n) is 6.08. The predicted molar refractivity (Wildman–Crippen MR) is 94.6 cm³/mol. The Balaban J connectivity index is 1.80. The Bertz CT molecular complexity index is 731. The first-order valence-electron chi connectivity index (χ1n) is 7.95. The normalized spacial score (nSPS) is 21.3. The molecule has 2 aliphatic rings. The first kappa shape index (κ1) is 15.3. The molecule has 0 amide bonds. The number of nitrogens with one attached hydrogen (secondary N) is 1. The molecule has 2 heterocycles. The number of halogens is 1. The highest BCUT2D eigenvalue weighted by Gasteiger charge is 2.28. The number of fused-ring (bicyclic) bond motifs is 2. The summed E-state index contributed by atoms with van der Waals surface area (Å²) in [7, 11) is 0. The topological polar surface area (TPSA) is 35.5 Å². The van der Waals surface area contributed by atoms with Crippen LogP contribution in [0.4, 0.5) is 0 Å². The van der Waals surface area contributed by atoms with Crippen LogP contribution in [0, 0.1) is 0 Å². The number of piperazine rings is 1. The van der Waals surface area contributed by atoms with Crippen molar-refractivity contribution in [2.45, 2.75) is 22.3 Å². The lowest BCUT2D eigenvalue weighted by Gasteiger charge is -2.35. The van der Waals surface area contributed by atoms with Gasteiger partial charge in [0.15, 0.2) is 0 Å². The molecular formula is C18H19ClN2OS. The van der Waals surface area contributed by atoms with E-state index < -0.39 is 0 Å². The van der Waals surface area contributed by atoms with Crippen molar-refractivity contribution in [3.05, 3.63) is 52.5 Å². The van der Waals surface area contributed by atoms with Gasteiger partial charge in [-0.2, -0.15) is 0 Å². The van der Waals surface area contributed by atoms with Gasteiger partial charge < -0.3 is 10.4 Å². The molecule has 1 unspecified atom stereocenters. The molecule has 23 heavy (non-hydrogen) atoms. The standard InChI is InChI=1S/C18H19ClN2OS/c19-13-2-4-17-15(10-13)16(21-7-5-20-6-8-21)9-12-1-3-14(22)11-18(12)23-17/h1-4,10-11,16,20,22H,5-9H2. The van der Waals surface area contributed by atoms with Crippen LogP contribution in [-0.2, 0) is 6.42 Å². The molecular weight excluding hydrogens is 328 g/mol. The van der Waals surface area contributed by atoms with Crippen molar-refractivity contribution >= 4 is 23.4 Å². The third-order valence-electron chi connectivity index (χ3n) is 4.61. The minimum atomic E-state index is 0.326. The number of hydrogen-bond donors (Lipinski definition) is 2. The molecule has 120 valence electrons. The largest absolute Gasteiger partial charge is 0.508 e. The van der Waals surface area contributed by atoms with E-state index >= 15 is 0 Å². The molecule has 5 heteroatoms. The first-order valence-corrected chi connectivity index (χ1v) is 9.14. The Morgan fingerprint density at radius 1 is 1.09 bits per heavy atom. The zero-order valence-electron chi connectivity index (χ0n) is 12.8. The Kier molecular flexibility index (Phi) is 4.24. The van der Waals surface area contributed by atoms with Gasteiger partial charge in [-0.15, -0.1) is 0 Å². The van der Waals surface area contributed by atoms with Gasteiger partial charge in [-0.25, -0.2) is 0 Å². The molecule has 0 bridgehead atoms. The lowest BCUT2D eigenvalue weighted by molar-refractivity contribution is 0.170. The second-order valence-corrected chi connectivity index (χ2v) is 7.60. The molecule has 1 saturated heterocycles. The fourth-order valence-corrected chi connectivity index (χ4v) is 4.76. The van der Waals surface area contributed by atoms with Crippen LogP contribution in [0.15, 0.2) is 46.2 Å². The lowest BCUT2D eigenvalue weighted by atomic mass is 9.96. The maximum Gasteiger partial charge on any atom is 0.116 e. The Morgan fingerprint density at radius 3 is 2.74 bits per heavy atom. The van der Waals surface area contributed by atoms with Gasteiger partial charge in [0.1, 0.15) is 5.75 Å². The maximum atomic E-state index is 9.83. The van der Waals surface area contributed by atoms with Crippen LogP contribution in [0.5, 0.6) is 5.75 Å². The summed E-state index contributed by atoms with van der Waals surface area (Å²) >= 11 is 8.02. The highest BCUT2D eigenvalue weighted by molar-refractivity contribution is 7.99. The molecule has 1 fully saturated rings. The molecule has 0 saturated carbocycles. The van der Waals surface area contributed by atoms with Crippen LogP contribution in [0.3, 0.4) is 0 Å². The van der Waals surface area contributed by atoms with E-state index in [1.807, 2.05) is 12.1 Å². The summed E-state index contributed by atoms with van der Waals surface area (Å²) in [6.07, 6.45) is 0.954. The van der Waals surface area contributed by atoms with Gasteiger partial charge in [-0.3, -0.25) is 4.90 Å². The molecule has 0 radical (unpaired) electrons. The van der Waals surface area contributed by atoms with Crippen molar-refractivity contribution in [3.63, 3.8) is 0 Å². The second kappa shape index (κ2) is 6.36. The molecule has 0 spiro atoms. The summed E-state index contributed by atoms with van der Waals surface area (Å²) in [5.41, 5.74) is 2.60. The molecule has 2 N–H and O–H groups in total. The van der Waals surface area contributed by atoms with E-state index in [1.54, 1.807) is 17.8 Å². The molecule has 0 aliphatic carbocycles. The van der Waals surface area contributed by atoms with Gasteiger partial charge in [-0.1, -0.05) is 29.4 Å². The average Bonchev–Trinajstić information content (AvgIpc) is 2.72. The molecule has 2 aromatic rings. The monoisotopic (exact) mass is 346 g/mol. The summed E-state index contributed by atoms with van der Waals surface area (Å²) in [6.45, 7) is 4.16. The summed E-state index contributed by atoms with van der Waals surface area (Å²) in [5, 5.41) is 14.0. The van der Waals surface area contributed by atoms with E-state index in [2.05, 4.69) is 28.4 Å². The summed E-state index contributed by atoms with van der Waals surface area (Å²) in [4.78, 5) is 4.93. The number of rotatable bonds is 1. The SMILES string of the molecule is Oc1ccc2c(c1)Sc1ccc(Cl)cc1C(N1CCNCC1)C2. The van der Waals surface area contributed by atoms with Gasteiger partial charge in [0.05, 0.1) is 0 Å². The van der Waals surface area contributed by atoms with Crippen LogP contribution in [-0.4, -0.2) is 36.2 Å². The zero-order chi connectivity index (χ0) is 15.8. The van der Waals surface area contributed by atoms with Gasteiger partial charge in [0, 0.05) is 47.0 Å². The van der Waals surface area contributed by atoms with Crippen molar-refractivity contribution in [3.8, 4) is 5.75 Å². The molecule has 4 rings (SSSR count). The molecule has 1 atom stereocenters. The number of nitrogens with zero attached hydrogens (tertiary/aromatic N) is 1. The van der Waals surface area contributed by atoms with E-state index in [0.29, 0.717) is 11.8 Å². The minimum Gasteiger partial charge on any atom is -0.508 e. The van der Waals surface area contributed by atoms with Crippen LogP contribution in [0.1, 0.15) is 17.2 Å². The Morgan fingerprint density at radius 2 is 1.91 bits per heavy atom. The molecule has 0 aromatic heterocycles.